The summed E-state index contributed by atoms with van der Waals surface area (Å²) in [5.41, 5.74) is 2.67. The molecule has 6 N–H and O–H groups in total. The molecular weight excluding hydrogens is 488 g/mol. The lowest BCUT2D eigenvalue weighted by Crippen LogP contribution is -2.72. The number of primary amides is 1. The summed E-state index contributed by atoms with van der Waals surface area (Å²) in [6, 6.07) is 3.16. The minimum Gasteiger partial charge on any atom is -0.505 e. The maximum Gasteiger partial charge on any atom is 0.235 e. The average Bonchev–Trinajstić information content (AvgIpc) is 2.84. The zero-order valence-corrected chi connectivity index (χ0v) is 20.4. The van der Waals surface area contributed by atoms with Crippen molar-refractivity contribution in [3.8, 4) is 5.75 Å². The van der Waals surface area contributed by atoms with Crippen molar-refractivity contribution in [3.05, 3.63) is 23.3 Å². The molecule has 12 nitrogen and oxygen atoms in total. The van der Waals surface area contributed by atoms with Crippen LogP contribution in [-0.2, 0) is 28.7 Å². The Morgan fingerprint density at radius 1 is 1.16 bits per heavy atom. The molecule has 0 bridgehead atoms. The molecule has 2 saturated carbocycles. The van der Waals surface area contributed by atoms with Crippen LogP contribution in [0.15, 0.2) is 12.1 Å². The molecule has 0 radical (unpaired) electrons. The van der Waals surface area contributed by atoms with E-state index in [1.54, 1.807) is 26.2 Å². The number of aliphatic hydroxyl groups is 2. The number of methoxy groups -OCH3 is 1. The molecule has 3 aliphatic carbocycles. The van der Waals surface area contributed by atoms with Crippen LogP contribution in [0, 0.1) is 23.7 Å². The van der Waals surface area contributed by atoms with E-state index in [0.29, 0.717) is 25.3 Å². The number of aliphatic hydroxyl groups excluding tert-OH is 1. The number of hydrogen-bond acceptors (Lipinski definition) is 11. The van der Waals surface area contributed by atoms with E-state index < -0.39 is 82.5 Å². The van der Waals surface area contributed by atoms with Crippen molar-refractivity contribution in [3.63, 3.8) is 0 Å². The Hall–Kier alpha value is -3.19. The van der Waals surface area contributed by atoms with E-state index in [1.807, 2.05) is 0 Å². The topological polar surface area (TPSA) is 203 Å². The van der Waals surface area contributed by atoms with Gasteiger partial charge in [0, 0.05) is 31.9 Å². The number of amides is 1. The molecule has 0 aromatic heterocycles. The number of nitrogens with two attached hydrogens (primary N) is 1. The fourth-order valence-corrected chi connectivity index (χ4v) is 6.00. The van der Waals surface area contributed by atoms with Gasteiger partial charge in [0.2, 0.25) is 5.91 Å². The molecule has 200 valence electrons. The summed E-state index contributed by atoms with van der Waals surface area (Å²) in [6.45, 7) is 3.03. The Morgan fingerprint density at radius 2 is 1.86 bits per heavy atom. The number of nitrogens with one attached hydrogen (secondary N) is 1. The first kappa shape index (κ1) is 26.9. The van der Waals surface area contributed by atoms with Gasteiger partial charge in [-0.3, -0.25) is 24.0 Å². The first-order valence-corrected chi connectivity index (χ1v) is 12.0. The highest BCUT2D eigenvalue weighted by atomic mass is 16.5. The molecule has 12 heteroatoms. The summed E-state index contributed by atoms with van der Waals surface area (Å²) in [4.78, 5) is 64.5. The van der Waals surface area contributed by atoms with Crippen LogP contribution in [0.2, 0.25) is 0 Å². The van der Waals surface area contributed by atoms with Crippen LogP contribution >= 0.6 is 0 Å². The van der Waals surface area contributed by atoms with Gasteiger partial charge in [-0.15, -0.1) is 0 Å². The quantitative estimate of drug-likeness (QED) is 0.159. The first-order chi connectivity index (χ1) is 17.5. The minimum atomic E-state index is -2.94. The van der Waals surface area contributed by atoms with Gasteiger partial charge in [-0.25, -0.2) is 0 Å². The van der Waals surface area contributed by atoms with Gasteiger partial charge in [0.25, 0.3) is 0 Å². The molecule has 2 fully saturated rings. The number of fused-ring (bicyclic) bond motifs is 3. The highest BCUT2D eigenvalue weighted by molar-refractivity contribution is 6.31. The van der Waals surface area contributed by atoms with Gasteiger partial charge in [-0.2, -0.15) is 0 Å². The molecule has 0 heterocycles. The molecule has 0 spiro atoms. The van der Waals surface area contributed by atoms with Gasteiger partial charge >= 0.3 is 0 Å². The third-order valence-electron chi connectivity index (χ3n) is 7.85. The Balaban J connectivity index is 1.68. The molecule has 0 saturated heterocycles. The summed E-state index contributed by atoms with van der Waals surface area (Å²) in [7, 11) is 1.55. The molecule has 37 heavy (non-hydrogen) atoms. The number of ketones is 4. The summed E-state index contributed by atoms with van der Waals surface area (Å²) < 4.78 is 10.3. The molecule has 1 amide bonds. The third-order valence-corrected chi connectivity index (χ3v) is 7.85. The van der Waals surface area contributed by atoms with Gasteiger partial charge < -0.3 is 35.8 Å². The van der Waals surface area contributed by atoms with Gasteiger partial charge in [0.05, 0.1) is 43.1 Å². The van der Waals surface area contributed by atoms with Crippen molar-refractivity contribution < 1.29 is 48.8 Å². The van der Waals surface area contributed by atoms with Crippen molar-refractivity contribution >= 4 is 34.7 Å². The average molecular weight is 519 g/mol. The predicted molar refractivity (Wildman–Crippen MR) is 126 cm³/mol. The number of benzene rings is 1. The van der Waals surface area contributed by atoms with Crippen LogP contribution in [0.25, 0.3) is 0 Å². The van der Waals surface area contributed by atoms with Crippen LogP contribution in [0.3, 0.4) is 0 Å². The molecule has 1 aromatic rings. The molecule has 2 unspecified atom stereocenters. The van der Waals surface area contributed by atoms with Gasteiger partial charge in [-0.1, -0.05) is 13.0 Å². The van der Waals surface area contributed by atoms with Crippen molar-refractivity contribution in [1.82, 2.24) is 0 Å². The second kappa shape index (κ2) is 9.93. The van der Waals surface area contributed by atoms with Gasteiger partial charge in [-0.05, 0) is 17.5 Å². The van der Waals surface area contributed by atoms with Crippen molar-refractivity contribution in [1.29, 1.82) is 0 Å². The SMILES string of the molecule is COCCOCCNc1ccc2c(c1O)C(=O)C1C(=O)[C@]3(O)C(=O)C(C(N)=O)C(=O)C[C@@H]3[C@@H](O)[C@@H]1[C@H]2C. The van der Waals surface area contributed by atoms with Crippen LogP contribution in [0.4, 0.5) is 5.69 Å². The predicted octanol–water partition coefficient (Wildman–Crippen LogP) is -1.07. The van der Waals surface area contributed by atoms with E-state index >= 15 is 0 Å². The number of anilines is 1. The van der Waals surface area contributed by atoms with E-state index in [1.165, 1.54) is 0 Å². The maximum atomic E-state index is 13.6. The Morgan fingerprint density at radius 3 is 2.51 bits per heavy atom. The molecular formula is C25H30N2O10. The standard InChI is InChI=1S/C25H30N2O10/c1-10-11-3-4-13(27-5-6-37-8-7-36-2)20(30)16(11)21(31)18-15(10)19(29)12-9-14(28)17(24(26)34)22(32)25(12,35)23(18)33/h3-4,10,12,15,17-19,27,29-30,35H,5-9H2,1-2H3,(H2,26,34)/t10-,12+,15+,17?,18?,19+,25+/m0/s1. The second-order valence-corrected chi connectivity index (χ2v) is 9.76. The number of phenols is 1. The maximum absolute atomic E-state index is 13.6. The van der Waals surface area contributed by atoms with E-state index in [4.69, 9.17) is 15.2 Å². The lowest BCUT2D eigenvalue weighted by Gasteiger charge is -2.52. The number of carbonyl (C=O) groups is 5. The first-order valence-electron chi connectivity index (χ1n) is 12.0. The second-order valence-electron chi connectivity index (χ2n) is 9.76. The van der Waals surface area contributed by atoms with Crippen LogP contribution in [-0.4, -0.2) is 89.5 Å². The highest BCUT2D eigenvalue weighted by Crippen LogP contribution is 2.54. The van der Waals surface area contributed by atoms with Crippen molar-refractivity contribution in [2.24, 2.45) is 29.4 Å². The lowest BCUT2D eigenvalue weighted by molar-refractivity contribution is -0.189. The van der Waals surface area contributed by atoms with E-state index in [-0.39, 0.29) is 17.9 Å². The lowest BCUT2D eigenvalue weighted by atomic mass is 9.50. The van der Waals surface area contributed by atoms with E-state index in [0.717, 1.165) is 0 Å². The Kier molecular flexibility index (Phi) is 7.21. The molecule has 3 aliphatic rings. The summed E-state index contributed by atoms with van der Waals surface area (Å²) >= 11 is 0. The minimum absolute atomic E-state index is 0.160. The summed E-state index contributed by atoms with van der Waals surface area (Å²) in [5.74, 6) is -13.1. The van der Waals surface area contributed by atoms with Crippen molar-refractivity contribution in [2.75, 3.05) is 38.8 Å². The van der Waals surface area contributed by atoms with Crippen molar-refractivity contribution in [2.45, 2.75) is 31.0 Å². The number of rotatable bonds is 8. The number of carbonyl (C=O) groups excluding carboxylic acids is 5. The van der Waals surface area contributed by atoms with Gasteiger partial charge in [0.15, 0.2) is 34.7 Å². The molecule has 4 rings (SSSR count). The number of hydrogen-bond donors (Lipinski definition) is 5. The van der Waals surface area contributed by atoms with Crippen LogP contribution in [0.5, 0.6) is 5.75 Å². The number of phenolic OH excluding ortho intramolecular Hbond substituents is 1. The summed E-state index contributed by atoms with van der Waals surface area (Å²) in [6.07, 6.45) is -2.22. The van der Waals surface area contributed by atoms with Crippen LogP contribution in [0.1, 0.15) is 35.2 Å². The smallest absolute Gasteiger partial charge is 0.235 e. The Bertz CT molecular complexity index is 1170. The van der Waals surface area contributed by atoms with Gasteiger partial charge in [0.1, 0.15) is 5.75 Å². The molecule has 7 atom stereocenters. The Labute approximate surface area is 212 Å². The van der Waals surface area contributed by atoms with E-state index in [2.05, 4.69) is 5.32 Å². The zero-order chi connectivity index (χ0) is 27.2. The van der Waals surface area contributed by atoms with Crippen LogP contribution < -0.4 is 11.1 Å². The summed E-state index contributed by atoms with van der Waals surface area (Å²) in [5, 5.41) is 36.4. The fraction of sp³-hybridized carbons (Fsp3) is 0.560. The number of aromatic hydroxyl groups is 1. The fourth-order valence-electron chi connectivity index (χ4n) is 6.00. The van der Waals surface area contributed by atoms with E-state index in [9.17, 15) is 39.3 Å². The monoisotopic (exact) mass is 518 g/mol. The third kappa shape index (κ3) is 4.04. The highest BCUT2D eigenvalue weighted by Gasteiger charge is 2.69. The zero-order valence-electron chi connectivity index (χ0n) is 20.4. The molecule has 0 aliphatic heterocycles. The number of ether oxygens (including phenoxy) is 2. The number of Topliss-reactive ketones (excluding diaryl/α,β-unsaturated/α-hetero) is 4. The molecule has 1 aromatic carbocycles. The largest absolute Gasteiger partial charge is 0.505 e. The normalized spacial score (nSPS) is 33.0.